The van der Waals surface area contributed by atoms with Gasteiger partial charge in [-0.1, -0.05) is 0 Å². The van der Waals surface area contributed by atoms with Crippen LogP contribution >= 0.6 is 11.3 Å². The van der Waals surface area contributed by atoms with Gasteiger partial charge in [0, 0.05) is 31.0 Å². The Morgan fingerprint density at radius 3 is 2.93 bits per heavy atom. The third-order valence-corrected chi connectivity index (χ3v) is 4.97. The molecule has 0 radical (unpaired) electrons. The van der Waals surface area contributed by atoms with E-state index in [1.165, 1.54) is 16.2 Å². The van der Waals surface area contributed by atoms with Crippen LogP contribution in [0, 0.1) is 5.41 Å². The van der Waals surface area contributed by atoms with E-state index >= 15 is 0 Å². The average molecular weight is 381 g/mol. The molecule has 0 aromatic carbocycles. The summed E-state index contributed by atoms with van der Waals surface area (Å²) >= 11 is 1.37. The number of fused-ring (bicyclic) bond motifs is 1. The number of nitrogens with one attached hydrogen (secondary N) is 2. The van der Waals surface area contributed by atoms with E-state index in [0.717, 1.165) is 6.21 Å². The smallest absolute Gasteiger partial charge is 0.246 e. The molecule has 0 saturated carbocycles. The molecule has 136 valence electrons. The van der Waals surface area contributed by atoms with Crippen LogP contribution in [0.25, 0.3) is 11.3 Å². The quantitative estimate of drug-likeness (QED) is 0.577. The van der Waals surface area contributed by atoms with Crippen LogP contribution in [0.15, 0.2) is 30.2 Å². The average Bonchev–Trinajstić information content (AvgIpc) is 3.39. The number of H-pyrrole nitrogens is 1. The van der Waals surface area contributed by atoms with Crippen LogP contribution in [0.3, 0.4) is 0 Å². The number of thiazole rings is 1. The Labute approximate surface area is 157 Å². The van der Waals surface area contributed by atoms with Crippen molar-refractivity contribution in [3.05, 3.63) is 41.0 Å². The van der Waals surface area contributed by atoms with Crippen molar-refractivity contribution < 1.29 is 4.79 Å². The molecule has 1 aliphatic heterocycles. The van der Waals surface area contributed by atoms with Crippen LogP contribution in [-0.2, 0) is 4.79 Å². The molecule has 0 atom stereocenters. The molecule has 0 bridgehead atoms. The van der Waals surface area contributed by atoms with Gasteiger partial charge < -0.3 is 20.9 Å². The minimum Gasteiger partial charge on any atom is -0.396 e. The van der Waals surface area contributed by atoms with Gasteiger partial charge in [0.25, 0.3) is 0 Å². The molecule has 0 saturated heterocycles. The fourth-order valence-electron chi connectivity index (χ4n) is 2.72. The highest BCUT2D eigenvalue weighted by molar-refractivity contribution is 7.10. The first-order valence-corrected chi connectivity index (χ1v) is 8.78. The fourth-order valence-corrected chi connectivity index (χ4v) is 3.33. The second-order valence-electron chi connectivity index (χ2n) is 5.71. The molecule has 1 aliphatic rings. The highest BCUT2D eigenvalue weighted by Gasteiger charge is 2.30. The molecule has 3 aromatic rings. The Bertz CT molecular complexity index is 1030. The normalized spacial score (nSPS) is 14.8. The highest BCUT2D eigenvalue weighted by atomic mass is 32.1. The number of carbonyl (C=O) groups is 1. The molecular formula is C16H15N9OS. The second-order valence-corrected chi connectivity index (χ2v) is 6.60. The maximum absolute atomic E-state index is 12.3. The maximum Gasteiger partial charge on any atom is 0.246 e. The highest BCUT2D eigenvalue weighted by Crippen LogP contribution is 2.36. The fraction of sp³-hybridized carbons (Fsp3) is 0.125. The summed E-state index contributed by atoms with van der Waals surface area (Å²) in [6.45, 7) is 0.116. The van der Waals surface area contributed by atoms with Crippen molar-refractivity contribution in [1.82, 2.24) is 25.1 Å². The zero-order valence-electron chi connectivity index (χ0n) is 14.2. The van der Waals surface area contributed by atoms with Crippen molar-refractivity contribution in [3.63, 3.8) is 0 Å². The van der Waals surface area contributed by atoms with E-state index < -0.39 is 0 Å². The predicted molar refractivity (Wildman–Crippen MR) is 103 cm³/mol. The number of hydrogen-bond donors (Lipinski definition) is 3. The third-order valence-electron chi connectivity index (χ3n) is 4.17. The summed E-state index contributed by atoms with van der Waals surface area (Å²) < 4.78 is 0. The van der Waals surface area contributed by atoms with E-state index in [1.807, 2.05) is 0 Å². The van der Waals surface area contributed by atoms with Gasteiger partial charge in [0.2, 0.25) is 5.91 Å². The standard InChI is InChI=1S/C16H15N9OS/c1-24-11-7-20-14(10(4-17)13(18)16-19-2-3-27-16)23-15(11)25(8-12(24)26)9-5-21-22-6-9/h2-7,17H,8,18H2,1H3,(H,21,22)/b13-10+,17-4?. The Morgan fingerprint density at radius 2 is 2.26 bits per heavy atom. The van der Waals surface area contributed by atoms with Crippen molar-refractivity contribution in [2.45, 2.75) is 0 Å². The van der Waals surface area contributed by atoms with Crippen molar-refractivity contribution in [2.24, 2.45) is 5.73 Å². The predicted octanol–water partition coefficient (Wildman–Crippen LogP) is 1.25. The number of nitrogens with zero attached hydrogens (tertiary/aromatic N) is 6. The number of carbonyl (C=O) groups excluding carboxylic acids is 1. The second kappa shape index (κ2) is 6.61. The monoisotopic (exact) mass is 381 g/mol. The number of allylic oxidation sites excluding steroid dienone is 1. The van der Waals surface area contributed by atoms with Gasteiger partial charge in [0.05, 0.1) is 29.4 Å². The van der Waals surface area contributed by atoms with Gasteiger partial charge in [-0.25, -0.2) is 15.0 Å². The van der Waals surface area contributed by atoms with E-state index in [1.54, 1.807) is 42.1 Å². The number of hydrogen-bond acceptors (Lipinski definition) is 9. The summed E-state index contributed by atoms with van der Waals surface area (Å²) in [6.07, 6.45) is 7.60. The van der Waals surface area contributed by atoms with Crippen LogP contribution in [0.1, 0.15) is 10.8 Å². The van der Waals surface area contributed by atoms with Gasteiger partial charge in [0.15, 0.2) is 11.6 Å². The summed E-state index contributed by atoms with van der Waals surface area (Å²) in [7, 11) is 1.67. The van der Waals surface area contributed by atoms with Crippen LogP contribution < -0.4 is 15.5 Å². The maximum atomic E-state index is 12.3. The van der Waals surface area contributed by atoms with Crippen molar-refractivity contribution in [1.29, 1.82) is 5.41 Å². The first-order chi connectivity index (χ1) is 13.1. The molecular weight excluding hydrogens is 366 g/mol. The van der Waals surface area contributed by atoms with E-state index in [9.17, 15) is 4.79 Å². The molecule has 27 heavy (non-hydrogen) atoms. The number of anilines is 3. The number of aromatic amines is 1. The Balaban J connectivity index is 1.86. The summed E-state index contributed by atoms with van der Waals surface area (Å²) in [4.78, 5) is 28.7. The topological polar surface area (TPSA) is 141 Å². The van der Waals surface area contributed by atoms with Gasteiger partial charge in [0.1, 0.15) is 17.2 Å². The molecule has 4 heterocycles. The van der Waals surface area contributed by atoms with Gasteiger partial charge in [-0.05, 0) is 0 Å². The molecule has 3 aromatic heterocycles. The SMILES string of the molecule is CN1C(=O)CN(c2cn[nH]c2)c2nc(/C(C=N)=C(/N)c3nccs3)ncc21. The van der Waals surface area contributed by atoms with E-state index in [2.05, 4.69) is 25.1 Å². The van der Waals surface area contributed by atoms with Crippen molar-refractivity contribution in [2.75, 3.05) is 23.4 Å². The Hall–Kier alpha value is -3.60. The van der Waals surface area contributed by atoms with Crippen LogP contribution in [0.5, 0.6) is 0 Å². The summed E-state index contributed by atoms with van der Waals surface area (Å²) in [5, 5.41) is 16.8. The molecule has 1 amide bonds. The van der Waals surface area contributed by atoms with Crippen molar-refractivity contribution in [3.8, 4) is 0 Å². The molecule has 0 fully saturated rings. The number of amides is 1. The largest absolute Gasteiger partial charge is 0.396 e. The summed E-state index contributed by atoms with van der Waals surface area (Å²) in [6, 6.07) is 0. The molecule has 4 N–H and O–H groups in total. The lowest BCUT2D eigenvalue weighted by atomic mass is 10.2. The minimum absolute atomic E-state index is 0.0924. The molecule has 0 unspecified atom stereocenters. The Morgan fingerprint density at radius 1 is 1.41 bits per heavy atom. The van der Waals surface area contributed by atoms with Crippen LogP contribution in [-0.4, -0.2) is 50.9 Å². The first kappa shape index (κ1) is 16.8. The van der Waals surface area contributed by atoms with Crippen molar-refractivity contribution >= 4 is 51.9 Å². The van der Waals surface area contributed by atoms with Crippen LogP contribution in [0.2, 0.25) is 0 Å². The van der Waals surface area contributed by atoms with E-state index in [4.69, 9.17) is 11.1 Å². The number of aromatic nitrogens is 5. The van der Waals surface area contributed by atoms with E-state index in [-0.39, 0.29) is 18.3 Å². The lowest BCUT2D eigenvalue weighted by Gasteiger charge is -2.33. The van der Waals surface area contributed by atoms with Gasteiger partial charge in [-0.3, -0.25) is 9.89 Å². The zero-order valence-corrected chi connectivity index (χ0v) is 15.1. The summed E-state index contributed by atoms with van der Waals surface area (Å²) in [5.74, 6) is 0.729. The molecule has 11 heteroatoms. The lowest BCUT2D eigenvalue weighted by Crippen LogP contribution is -2.42. The number of nitrogens with two attached hydrogens (primary N) is 1. The Kier molecular flexibility index (Phi) is 4.12. The number of rotatable bonds is 4. The number of likely N-dealkylation sites (N-methyl/N-ethyl adjacent to an activating group) is 1. The van der Waals surface area contributed by atoms with Crippen LogP contribution in [0.4, 0.5) is 17.2 Å². The molecule has 10 nitrogen and oxygen atoms in total. The van der Waals surface area contributed by atoms with Gasteiger partial charge in [-0.15, -0.1) is 11.3 Å². The first-order valence-electron chi connectivity index (χ1n) is 7.90. The molecule has 0 aliphatic carbocycles. The van der Waals surface area contributed by atoms with Gasteiger partial charge in [-0.2, -0.15) is 5.10 Å². The molecule has 0 spiro atoms. The summed E-state index contributed by atoms with van der Waals surface area (Å²) in [5.41, 5.74) is 8.14. The zero-order chi connectivity index (χ0) is 19.0. The molecule has 4 rings (SSSR count). The van der Waals surface area contributed by atoms with Gasteiger partial charge >= 0.3 is 0 Å². The minimum atomic E-state index is -0.0924. The van der Waals surface area contributed by atoms with E-state index in [0.29, 0.717) is 33.5 Å². The third kappa shape index (κ3) is 2.83. The lowest BCUT2D eigenvalue weighted by molar-refractivity contribution is -0.117.